The minimum atomic E-state index is -0.494. The Bertz CT molecular complexity index is 1090. The third-order valence-electron chi connectivity index (χ3n) is 6.48. The van der Waals surface area contributed by atoms with Crippen LogP contribution in [0, 0.1) is 17.3 Å². The summed E-state index contributed by atoms with van der Waals surface area (Å²) in [6.45, 7) is 11.8. The summed E-state index contributed by atoms with van der Waals surface area (Å²) < 4.78 is 11.1. The van der Waals surface area contributed by atoms with E-state index in [9.17, 15) is 14.4 Å². The van der Waals surface area contributed by atoms with Crippen molar-refractivity contribution in [1.29, 1.82) is 0 Å². The molecule has 2 aromatic carbocycles. The van der Waals surface area contributed by atoms with Crippen LogP contribution in [-0.4, -0.2) is 31.9 Å². The Hall–Kier alpha value is -3.35. The molecule has 7 nitrogen and oxygen atoms in total. The molecule has 0 spiro atoms. The highest BCUT2D eigenvalue weighted by molar-refractivity contribution is 6.06. The molecule has 0 radical (unpaired) electrons. The smallest absolute Gasteiger partial charge is 0.257 e. The number of hydrogen-bond acceptors (Lipinski definition) is 5. The summed E-state index contributed by atoms with van der Waals surface area (Å²) in [5, 5.41) is 5.43. The molecule has 2 N–H and O–H groups in total. The molecule has 0 heterocycles. The van der Waals surface area contributed by atoms with E-state index in [1.54, 1.807) is 52.3 Å². The SMILES string of the molecule is CCCCC(c1ccc(OC)cc1OC)C(C(=O)Nc1cccc(C(=O)NC(=O)C(C)C)c1)C(C)(C)C. The van der Waals surface area contributed by atoms with E-state index >= 15 is 0 Å². The van der Waals surface area contributed by atoms with E-state index in [-0.39, 0.29) is 35.0 Å². The summed E-state index contributed by atoms with van der Waals surface area (Å²) in [7, 11) is 3.24. The van der Waals surface area contributed by atoms with Gasteiger partial charge in [0.1, 0.15) is 11.5 Å². The first kappa shape index (κ1) is 29.9. The van der Waals surface area contributed by atoms with E-state index in [0.717, 1.165) is 24.8 Å². The van der Waals surface area contributed by atoms with Crippen LogP contribution >= 0.6 is 0 Å². The Kier molecular flexibility index (Phi) is 10.7. The van der Waals surface area contributed by atoms with Crippen molar-refractivity contribution >= 4 is 23.4 Å². The van der Waals surface area contributed by atoms with Gasteiger partial charge in [0.15, 0.2) is 0 Å². The molecule has 37 heavy (non-hydrogen) atoms. The van der Waals surface area contributed by atoms with Crippen molar-refractivity contribution in [2.24, 2.45) is 17.3 Å². The molecule has 2 aromatic rings. The lowest BCUT2D eigenvalue weighted by molar-refractivity contribution is -0.124. The van der Waals surface area contributed by atoms with Crippen LogP contribution < -0.4 is 20.1 Å². The number of methoxy groups -OCH3 is 2. The van der Waals surface area contributed by atoms with Gasteiger partial charge in [-0.2, -0.15) is 0 Å². The number of hydrogen-bond donors (Lipinski definition) is 2. The molecule has 7 heteroatoms. The molecular weight excluding hydrogens is 468 g/mol. The van der Waals surface area contributed by atoms with Crippen LogP contribution in [0.15, 0.2) is 42.5 Å². The molecule has 0 saturated carbocycles. The fourth-order valence-corrected chi connectivity index (χ4v) is 4.52. The normalized spacial score (nSPS) is 13.0. The maximum absolute atomic E-state index is 13.9. The van der Waals surface area contributed by atoms with Gasteiger partial charge >= 0.3 is 0 Å². The standard InChI is InChI=1S/C30H42N2O5/c1-9-10-14-24(23-16-15-22(36-7)18-25(23)37-8)26(30(4,5)6)29(35)31-21-13-11-12-20(17-21)28(34)32-27(33)19(2)3/h11-13,15-19,24,26H,9-10,14H2,1-8H3,(H,31,35)(H,32,33,34). The van der Waals surface area contributed by atoms with Crippen molar-refractivity contribution < 1.29 is 23.9 Å². The zero-order valence-corrected chi connectivity index (χ0v) is 23.4. The van der Waals surface area contributed by atoms with Crippen molar-refractivity contribution in [1.82, 2.24) is 5.32 Å². The Morgan fingerprint density at radius 2 is 1.65 bits per heavy atom. The van der Waals surface area contributed by atoms with Crippen molar-refractivity contribution in [3.63, 3.8) is 0 Å². The first-order valence-electron chi connectivity index (χ1n) is 12.9. The number of anilines is 1. The number of rotatable bonds is 11. The van der Waals surface area contributed by atoms with Crippen molar-refractivity contribution in [3.8, 4) is 11.5 Å². The molecule has 2 rings (SSSR count). The number of nitrogens with one attached hydrogen (secondary N) is 2. The third-order valence-corrected chi connectivity index (χ3v) is 6.48. The van der Waals surface area contributed by atoms with Gasteiger partial charge in [0.05, 0.1) is 20.1 Å². The highest BCUT2D eigenvalue weighted by Crippen LogP contribution is 2.45. The molecule has 3 amide bonds. The van der Waals surface area contributed by atoms with Gasteiger partial charge < -0.3 is 14.8 Å². The Balaban J connectivity index is 2.42. The van der Waals surface area contributed by atoms with Gasteiger partial charge in [0.25, 0.3) is 5.91 Å². The average Bonchev–Trinajstić information content (AvgIpc) is 2.85. The summed E-state index contributed by atoms with van der Waals surface area (Å²) in [4.78, 5) is 38.4. The van der Waals surface area contributed by atoms with Gasteiger partial charge in [0.2, 0.25) is 11.8 Å². The summed E-state index contributed by atoms with van der Waals surface area (Å²) in [6.07, 6.45) is 2.77. The fourth-order valence-electron chi connectivity index (χ4n) is 4.52. The fraction of sp³-hybridized carbons (Fsp3) is 0.500. The predicted molar refractivity (Wildman–Crippen MR) is 147 cm³/mol. The number of unbranched alkanes of at least 4 members (excludes halogenated alkanes) is 1. The van der Waals surface area contributed by atoms with Crippen molar-refractivity contribution in [3.05, 3.63) is 53.6 Å². The summed E-state index contributed by atoms with van der Waals surface area (Å²) in [5.41, 5.74) is 1.40. The van der Waals surface area contributed by atoms with E-state index in [1.807, 2.05) is 18.2 Å². The molecule has 2 atom stereocenters. The molecule has 202 valence electrons. The quantitative estimate of drug-likeness (QED) is 0.376. The molecule has 0 bridgehead atoms. The first-order chi connectivity index (χ1) is 17.4. The van der Waals surface area contributed by atoms with Crippen LogP contribution in [0.2, 0.25) is 0 Å². The van der Waals surface area contributed by atoms with Crippen molar-refractivity contribution in [2.45, 2.75) is 66.7 Å². The van der Waals surface area contributed by atoms with Crippen LogP contribution in [0.3, 0.4) is 0 Å². The zero-order valence-electron chi connectivity index (χ0n) is 23.4. The predicted octanol–water partition coefficient (Wildman–Crippen LogP) is 6.19. The van der Waals surface area contributed by atoms with E-state index in [1.165, 1.54) is 0 Å². The zero-order chi connectivity index (χ0) is 27.8. The molecule has 0 fully saturated rings. The van der Waals surface area contributed by atoms with E-state index in [2.05, 4.69) is 38.3 Å². The topological polar surface area (TPSA) is 93.7 Å². The second kappa shape index (κ2) is 13.3. The lowest BCUT2D eigenvalue weighted by Gasteiger charge is -2.37. The molecular formula is C30H42N2O5. The van der Waals surface area contributed by atoms with Gasteiger partial charge in [0, 0.05) is 23.2 Å². The maximum atomic E-state index is 13.9. The van der Waals surface area contributed by atoms with Gasteiger partial charge in [-0.3, -0.25) is 19.7 Å². The first-order valence-corrected chi connectivity index (χ1v) is 12.9. The highest BCUT2D eigenvalue weighted by Gasteiger charge is 2.39. The van der Waals surface area contributed by atoms with Crippen LogP contribution in [0.1, 0.15) is 82.6 Å². The average molecular weight is 511 g/mol. The van der Waals surface area contributed by atoms with Crippen LogP contribution in [0.25, 0.3) is 0 Å². The molecule has 0 aliphatic heterocycles. The van der Waals surface area contributed by atoms with Crippen LogP contribution in [0.4, 0.5) is 5.69 Å². The Morgan fingerprint density at radius 3 is 2.22 bits per heavy atom. The maximum Gasteiger partial charge on any atom is 0.257 e. The van der Waals surface area contributed by atoms with Crippen molar-refractivity contribution in [2.75, 3.05) is 19.5 Å². The summed E-state index contributed by atoms with van der Waals surface area (Å²) in [6, 6.07) is 12.4. The van der Waals surface area contributed by atoms with Gasteiger partial charge in [-0.1, -0.05) is 66.5 Å². The van der Waals surface area contributed by atoms with E-state index < -0.39 is 5.91 Å². The highest BCUT2D eigenvalue weighted by atomic mass is 16.5. The molecule has 0 aromatic heterocycles. The lowest BCUT2D eigenvalue weighted by Crippen LogP contribution is -2.38. The number of imide groups is 1. The van der Waals surface area contributed by atoms with Crippen LogP contribution in [-0.2, 0) is 9.59 Å². The number of amides is 3. The minimum Gasteiger partial charge on any atom is -0.497 e. The van der Waals surface area contributed by atoms with Crippen LogP contribution in [0.5, 0.6) is 11.5 Å². The molecule has 0 aliphatic carbocycles. The van der Waals surface area contributed by atoms with E-state index in [0.29, 0.717) is 22.7 Å². The van der Waals surface area contributed by atoms with Gasteiger partial charge in [-0.25, -0.2) is 0 Å². The van der Waals surface area contributed by atoms with Gasteiger partial charge in [-0.15, -0.1) is 0 Å². The van der Waals surface area contributed by atoms with Gasteiger partial charge in [-0.05, 0) is 47.6 Å². The second-order valence-corrected chi connectivity index (χ2v) is 10.7. The van der Waals surface area contributed by atoms with E-state index in [4.69, 9.17) is 9.47 Å². The third kappa shape index (κ3) is 8.07. The molecule has 0 saturated heterocycles. The number of ether oxygens (including phenoxy) is 2. The number of carbonyl (C=O) groups is 3. The summed E-state index contributed by atoms with van der Waals surface area (Å²) >= 11 is 0. The lowest BCUT2D eigenvalue weighted by atomic mass is 9.68. The molecule has 0 aliphatic rings. The number of carbonyl (C=O) groups excluding carboxylic acids is 3. The monoisotopic (exact) mass is 510 g/mol. The largest absolute Gasteiger partial charge is 0.497 e. The minimum absolute atomic E-state index is 0.101. The Labute approximate surface area is 221 Å². The summed E-state index contributed by atoms with van der Waals surface area (Å²) in [5.74, 6) is -0.395. The molecule has 2 unspecified atom stereocenters. The number of benzene rings is 2. The Morgan fingerprint density at radius 1 is 0.946 bits per heavy atom. The second-order valence-electron chi connectivity index (χ2n) is 10.7.